The number of nitrogens with zero attached hydrogens (tertiary/aromatic N) is 4. The van der Waals surface area contributed by atoms with Crippen molar-refractivity contribution in [1.82, 2.24) is 14.9 Å². The summed E-state index contributed by atoms with van der Waals surface area (Å²) in [6, 6.07) is 20.3. The molecular formula is C27H23N5O. The minimum Gasteiger partial charge on any atom is -0.384 e. The van der Waals surface area contributed by atoms with Crippen LogP contribution in [0.15, 0.2) is 108 Å². The maximum Gasteiger partial charge on any atom is 0.118 e. The highest BCUT2D eigenvalue weighted by Gasteiger charge is 2.38. The average Bonchev–Trinajstić information content (AvgIpc) is 2.87. The van der Waals surface area contributed by atoms with Crippen molar-refractivity contribution in [3.8, 4) is 6.07 Å². The second kappa shape index (κ2) is 9.11. The summed E-state index contributed by atoms with van der Waals surface area (Å²) in [6.45, 7) is 1.43. The van der Waals surface area contributed by atoms with Crippen LogP contribution < -0.4 is 5.73 Å². The number of hydrogen-bond donors (Lipinski definition) is 1. The van der Waals surface area contributed by atoms with Crippen molar-refractivity contribution in [1.29, 1.82) is 5.26 Å². The molecule has 0 bridgehead atoms. The van der Waals surface area contributed by atoms with Gasteiger partial charge in [0.2, 0.25) is 0 Å². The number of ether oxygens (including phenoxy) is 1. The van der Waals surface area contributed by atoms with Crippen LogP contribution in [0.1, 0.15) is 22.6 Å². The van der Waals surface area contributed by atoms with Crippen LogP contribution in [0, 0.1) is 11.3 Å². The monoisotopic (exact) mass is 433 g/mol. The third kappa shape index (κ3) is 4.02. The van der Waals surface area contributed by atoms with E-state index in [1.165, 1.54) is 0 Å². The van der Waals surface area contributed by atoms with Gasteiger partial charge in [0.1, 0.15) is 5.82 Å². The highest BCUT2D eigenvalue weighted by atomic mass is 16.5. The van der Waals surface area contributed by atoms with Gasteiger partial charge in [-0.05, 0) is 40.5 Å². The topological polar surface area (TPSA) is 88.1 Å². The summed E-state index contributed by atoms with van der Waals surface area (Å²) < 4.78 is 6.04. The second-order valence-corrected chi connectivity index (χ2v) is 8.02. The van der Waals surface area contributed by atoms with Crippen LogP contribution in [0.4, 0.5) is 0 Å². The normalized spacial score (nSPS) is 19.4. The van der Waals surface area contributed by atoms with Crippen LogP contribution in [0.25, 0.3) is 6.08 Å². The summed E-state index contributed by atoms with van der Waals surface area (Å²) in [5, 5.41) is 10.1. The standard InChI is InChI=1S/C27H23N5O/c28-13-23-25(21-9-5-11-31-15-21)24-18-33-17-22(12-20-8-4-10-30-14-20)26(24)32(27(23)29)16-19-6-2-1-3-7-19/h1-12,14-15,25H,16-18,29H2/b22-12-/t25-/m0/s1. The third-order valence-electron chi connectivity index (χ3n) is 5.94. The summed E-state index contributed by atoms with van der Waals surface area (Å²) in [7, 11) is 0. The molecule has 0 saturated carbocycles. The Morgan fingerprint density at radius 2 is 1.82 bits per heavy atom. The van der Waals surface area contributed by atoms with Crippen molar-refractivity contribution >= 4 is 6.08 Å². The summed E-state index contributed by atoms with van der Waals surface area (Å²) in [4.78, 5) is 10.6. The molecule has 2 N–H and O–H groups in total. The number of benzene rings is 1. The Bertz CT molecular complexity index is 1270. The van der Waals surface area contributed by atoms with E-state index in [1.54, 1.807) is 18.6 Å². The van der Waals surface area contributed by atoms with Gasteiger partial charge in [-0.25, -0.2) is 0 Å². The van der Waals surface area contributed by atoms with Gasteiger partial charge in [-0.1, -0.05) is 42.5 Å². The zero-order chi connectivity index (χ0) is 22.6. The summed E-state index contributed by atoms with van der Waals surface area (Å²) in [5.74, 6) is 0.163. The first-order valence-corrected chi connectivity index (χ1v) is 10.8. The van der Waals surface area contributed by atoms with E-state index in [2.05, 4.69) is 39.1 Å². The first-order valence-electron chi connectivity index (χ1n) is 10.8. The number of nitriles is 1. The highest BCUT2D eigenvalue weighted by molar-refractivity contribution is 5.64. The predicted molar refractivity (Wildman–Crippen MR) is 126 cm³/mol. The molecule has 1 atom stereocenters. The van der Waals surface area contributed by atoms with Crippen LogP contribution in [0.2, 0.25) is 0 Å². The molecule has 1 aromatic carbocycles. The molecule has 4 heterocycles. The number of rotatable bonds is 4. The van der Waals surface area contributed by atoms with Crippen molar-refractivity contribution in [2.75, 3.05) is 13.2 Å². The van der Waals surface area contributed by atoms with Gasteiger partial charge >= 0.3 is 0 Å². The minimum atomic E-state index is -0.302. The first kappa shape index (κ1) is 20.7. The summed E-state index contributed by atoms with van der Waals surface area (Å²) in [6.07, 6.45) is 9.19. The van der Waals surface area contributed by atoms with Gasteiger partial charge in [-0.15, -0.1) is 0 Å². The lowest BCUT2D eigenvalue weighted by molar-refractivity contribution is 0.157. The fourth-order valence-corrected chi connectivity index (χ4v) is 4.51. The zero-order valence-corrected chi connectivity index (χ0v) is 18.1. The van der Waals surface area contributed by atoms with Crippen LogP contribution in [0.3, 0.4) is 0 Å². The minimum absolute atomic E-state index is 0.302. The summed E-state index contributed by atoms with van der Waals surface area (Å²) in [5.41, 5.74) is 13.3. The first-order chi connectivity index (χ1) is 16.3. The maximum atomic E-state index is 10.1. The van der Waals surface area contributed by atoms with Crippen molar-refractivity contribution in [2.45, 2.75) is 12.5 Å². The molecular weight excluding hydrogens is 410 g/mol. The average molecular weight is 434 g/mol. The van der Waals surface area contributed by atoms with Gasteiger partial charge in [0.25, 0.3) is 0 Å². The lowest BCUT2D eigenvalue weighted by Crippen LogP contribution is -2.39. The van der Waals surface area contributed by atoms with Crippen molar-refractivity contribution in [3.63, 3.8) is 0 Å². The number of allylic oxidation sites excluding steroid dienone is 1. The van der Waals surface area contributed by atoms with Crippen LogP contribution in [-0.2, 0) is 11.3 Å². The van der Waals surface area contributed by atoms with Crippen molar-refractivity contribution in [2.24, 2.45) is 5.73 Å². The van der Waals surface area contributed by atoms with Gasteiger partial charge in [0.15, 0.2) is 0 Å². The predicted octanol–water partition coefficient (Wildman–Crippen LogP) is 4.14. The highest BCUT2D eigenvalue weighted by Crippen LogP contribution is 2.44. The van der Waals surface area contributed by atoms with E-state index in [9.17, 15) is 5.26 Å². The van der Waals surface area contributed by atoms with Crippen molar-refractivity contribution < 1.29 is 4.74 Å². The van der Waals surface area contributed by atoms with E-state index in [0.29, 0.717) is 31.2 Å². The quantitative estimate of drug-likeness (QED) is 0.665. The zero-order valence-electron chi connectivity index (χ0n) is 18.1. The maximum absolute atomic E-state index is 10.1. The van der Waals surface area contributed by atoms with E-state index in [-0.39, 0.29) is 5.92 Å². The Hall–Kier alpha value is -4.21. The number of aromatic nitrogens is 2. The van der Waals surface area contributed by atoms with Gasteiger partial charge in [0.05, 0.1) is 30.6 Å². The Labute approximate surface area is 193 Å². The summed E-state index contributed by atoms with van der Waals surface area (Å²) >= 11 is 0. The molecule has 3 aromatic rings. The lowest BCUT2D eigenvalue weighted by Gasteiger charge is -2.41. The molecule has 0 unspecified atom stereocenters. The number of nitrogens with two attached hydrogens (primary N) is 1. The number of pyridine rings is 2. The fraction of sp³-hybridized carbons (Fsp3) is 0.148. The van der Waals surface area contributed by atoms with E-state index in [1.807, 2.05) is 48.7 Å². The number of hydrogen-bond acceptors (Lipinski definition) is 6. The van der Waals surface area contributed by atoms with E-state index in [4.69, 9.17) is 10.5 Å². The molecule has 2 aliphatic heterocycles. The van der Waals surface area contributed by atoms with Gasteiger partial charge < -0.3 is 15.4 Å². The van der Waals surface area contributed by atoms with Crippen LogP contribution in [-0.4, -0.2) is 28.1 Å². The Balaban J connectivity index is 1.70. The Morgan fingerprint density at radius 1 is 1.03 bits per heavy atom. The smallest absolute Gasteiger partial charge is 0.118 e. The van der Waals surface area contributed by atoms with Gasteiger partial charge in [0, 0.05) is 42.8 Å². The van der Waals surface area contributed by atoms with Gasteiger partial charge in [-0.2, -0.15) is 5.26 Å². The third-order valence-corrected chi connectivity index (χ3v) is 5.94. The van der Waals surface area contributed by atoms with E-state index >= 15 is 0 Å². The molecule has 33 heavy (non-hydrogen) atoms. The van der Waals surface area contributed by atoms with Crippen LogP contribution in [0.5, 0.6) is 0 Å². The fourth-order valence-electron chi connectivity index (χ4n) is 4.51. The molecule has 0 fully saturated rings. The molecule has 0 amide bonds. The molecule has 0 radical (unpaired) electrons. The second-order valence-electron chi connectivity index (χ2n) is 8.02. The molecule has 0 spiro atoms. The molecule has 6 heteroatoms. The van der Waals surface area contributed by atoms with Crippen LogP contribution >= 0.6 is 0 Å². The molecule has 2 aliphatic rings. The van der Waals surface area contributed by atoms with Crippen molar-refractivity contribution in [3.05, 3.63) is 124 Å². The Kier molecular flexibility index (Phi) is 5.71. The molecule has 0 aliphatic carbocycles. The Morgan fingerprint density at radius 3 is 2.52 bits per heavy atom. The molecule has 0 saturated heterocycles. The molecule has 5 rings (SSSR count). The lowest BCUT2D eigenvalue weighted by atomic mass is 9.79. The van der Waals surface area contributed by atoms with Gasteiger partial charge in [-0.3, -0.25) is 9.97 Å². The SMILES string of the molecule is N#CC1=C(N)N(Cc2ccccc2)C2=C(COC/C2=C/c2cccnc2)[C@H]1c1cccnc1. The van der Waals surface area contributed by atoms with E-state index in [0.717, 1.165) is 33.5 Å². The van der Waals surface area contributed by atoms with E-state index < -0.39 is 0 Å². The molecule has 162 valence electrons. The largest absolute Gasteiger partial charge is 0.384 e. The molecule has 6 nitrogen and oxygen atoms in total. The molecule has 2 aromatic heterocycles.